The first kappa shape index (κ1) is 15.2. The number of benzene rings is 1. The van der Waals surface area contributed by atoms with Crippen LogP contribution in [-0.4, -0.2) is 13.2 Å². The third kappa shape index (κ3) is 6.77. The highest BCUT2D eigenvalue weighted by Crippen LogP contribution is 2.08. The van der Waals surface area contributed by atoms with Gasteiger partial charge in [0.1, 0.15) is 0 Å². The zero-order chi connectivity index (χ0) is 13.4. The molecule has 0 heterocycles. The third-order valence-electron chi connectivity index (χ3n) is 2.46. The van der Waals surface area contributed by atoms with Gasteiger partial charge in [-0.25, -0.2) is 0 Å². The maximum atomic E-state index is 5.60. The molecule has 1 aromatic rings. The topological polar surface area (TPSA) is 18.5 Å². The molecule has 2 nitrogen and oxygen atoms in total. The number of hydrogen-bond donors (Lipinski definition) is 0. The lowest BCUT2D eigenvalue weighted by molar-refractivity contribution is 0.0953. The van der Waals surface area contributed by atoms with Crippen molar-refractivity contribution < 1.29 is 9.47 Å². The lowest BCUT2D eigenvalue weighted by Gasteiger charge is -2.09. The van der Waals surface area contributed by atoms with E-state index in [-0.39, 0.29) is 0 Å². The molecule has 0 aliphatic carbocycles. The Balaban J connectivity index is 2.28. The highest BCUT2D eigenvalue weighted by Gasteiger charge is 1.99. The molecule has 18 heavy (non-hydrogen) atoms. The molecule has 0 saturated carbocycles. The fourth-order valence-corrected chi connectivity index (χ4v) is 1.56. The van der Waals surface area contributed by atoms with Gasteiger partial charge in [0.2, 0.25) is 0 Å². The highest BCUT2D eigenvalue weighted by molar-refractivity contribution is 5.21. The molecule has 0 aromatic heterocycles. The minimum absolute atomic E-state index is 0.591. The van der Waals surface area contributed by atoms with Gasteiger partial charge in [-0.3, -0.25) is 0 Å². The van der Waals surface area contributed by atoms with Crippen LogP contribution < -0.4 is 0 Å². The van der Waals surface area contributed by atoms with Gasteiger partial charge in [-0.05, 0) is 23.0 Å². The molecular formula is C16H26O2. The van der Waals surface area contributed by atoms with Crippen LogP contribution in [0, 0.1) is 11.8 Å². The third-order valence-corrected chi connectivity index (χ3v) is 2.46. The Morgan fingerprint density at radius 3 is 1.33 bits per heavy atom. The van der Waals surface area contributed by atoms with Gasteiger partial charge in [-0.15, -0.1) is 0 Å². The van der Waals surface area contributed by atoms with Crippen molar-refractivity contribution in [3.05, 3.63) is 35.4 Å². The molecule has 0 aliphatic rings. The minimum atomic E-state index is 0.591. The summed E-state index contributed by atoms with van der Waals surface area (Å²) in [5.74, 6) is 1.18. The van der Waals surface area contributed by atoms with Gasteiger partial charge in [-0.2, -0.15) is 0 Å². The molecule has 0 amide bonds. The molecule has 0 radical (unpaired) electrons. The van der Waals surface area contributed by atoms with Crippen LogP contribution in [0.1, 0.15) is 38.8 Å². The number of rotatable bonds is 8. The zero-order valence-corrected chi connectivity index (χ0v) is 12.1. The van der Waals surface area contributed by atoms with Gasteiger partial charge >= 0.3 is 0 Å². The SMILES string of the molecule is CC(C)COCc1ccc(COCC(C)C)cc1. The van der Waals surface area contributed by atoms with E-state index in [9.17, 15) is 0 Å². The van der Waals surface area contributed by atoms with E-state index < -0.39 is 0 Å². The second kappa shape index (κ2) is 8.28. The van der Waals surface area contributed by atoms with E-state index in [0.717, 1.165) is 13.2 Å². The summed E-state index contributed by atoms with van der Waals surface area (Å²) in [6.07, 6.45) is 0. The molecule has 1 aromatic carbocycles. The van der Waals surface area contributed by atoms with Crippen molar-refractivity contribution in [2.24, 2.45) is 11.8 Å². The van der Waals surface area contributed by atoms with Crippen LogP contribution in [0.15, 0.2) is 24.3 Å². The normalized spacial score (nSPS) is 11.4. The standard InChI is InChI=1S/C16H26O2/c1-13(2)9-17-11-15-5-7-16(8-6-15)12-18-10-14(3)4/h5-8,13-14H,9-12H2,1-4H3. The van der Waals surface area contributed by atoms with E-state index in [1.54, 1.807) is 0 Å². The van der Waals surface area contributed by atoms with Crippen LogP contribution in [0.25, 0.3) is 0 Å². The second-order valence-electron chi connectivity index (χ2n) is 5.63. The summed E-state index contributed by atoms with van der Waals surface area (Å²) >= 11 is 0. The molecule has 0 unspecified atom stereocenters. The van der Waals surface area contributed by atoms with E-state index in [4.69, 9.17) is 9.47 Å². The van der Waals surface area contributed by atoms with Crippen molar-refractivity contribution in [3.8, 4) is 0 Å². The molecule has 2 heteroatoms. The maximum absolute atomic E-state index is 5.60. The predicted octanol–water partition coefficient (Wildman–Crippen LogP) is 4.03. The Kier molecular flexibility index (Phi) is 6.99. The highest BCUT2D eigenvalue weighted by atomic mass is 16.5. The van der Waals surface area contributed by atoms with Crippen LogP contribution in [-0.2, 0) is 22.7 Å². The lowest BCUT2D eigenvalue weighted by atomic mass is 10.1. The fourth-order valence-electron chi connectivity index (χ4n) is 1.56. The summed E-state index contributed by atoms with van der Waals surface area (Å²) in [5, 5.41) is 0. The molecular weight excluding hydrogens is 224 g/mol. The quantitative estimate of drug-likeness (QED) is 0.693. The Morgan fingerprint density at radius 2 is 1.06 bits per heavy atom. The maximum Gasteiger partial charge on any atom is 0.0717 e. The lowest BCUT2D eigenvalue weighted by Crippen LogP contribution is -2.03. The molecule has 0 fully saturated rings. The number of ether oxygens (including phenoxy) is 2. The van der Waals surface area contributed by atoms with E-state index in [1.807, 2.05) is 0 Å². The van der Waals surface area contributed by atoms with Crippen LogP contribution in [0.2, 0.25) is 0 Å². The molecule has 102 valence electrons. The minimum Gasteiger partial charge on any atom is -0.377 e. The first-order valence-electron chi connectivity index (χ1n) is 6.81. The Bertz CT molecular complexity index is 281. The second-order valence-corrected chi connectivity index (χ2v) is 5.63. The van der Waals surface area contributed by atoms with Crippen molar-refractivity contribution in [1.29, 1.82) is 0 Å². The van der Waals surface area contributed by atoms with E-state index in [1.165, 1.54) is 11.1 Å². The summed E-state index contributed by atoms with van der Waals surface area (Å²) in [4.78, 5) is 0. The van der Waals surface area contributed by atoms with Crippen LogP contribution in [0.5, 0.6) is 0 Å². The van der Waals surface area contributed by atoms with Gasteiger partial charge in [0, 0.05) is 13.2 Å². The van der Waals surface area contributed by atoms with Crippen LogP contribution >= 0.6 is 0 Å². The zero-order valence-electron chi connectivity index (χ0n) is 12.1. The molecule has 1 rings (SSSR count). The average Bonchev–Trinajstić information content (AvgIpc) is 2.30. The van der Waals surface area contributed by atoms with Crippen molar-refractivity contribution in [1.82, 2.24) is 0 Å². The fraction of sp³-hybridized carbons (Fsp3) is 0.625. The molecule has 0 atom stereocenters. The Labute approximate surface area is 111 Å². The van der Waals surface area contributed by atoms with Crippen molar-refractivity contribution in [2.45, 2.75) is 40.9 Å². The molecule has 0 saturated heterocycles. The van der Waals surface area contributed by atoms with Gasteiger partial charge < -0.3 is 9.47 Å². The van der Waals surface area contributed by atoms with Crippen molar-refractivity contribution >= 4 is 0 Å². The average molecular weight is 250 g/mol. The smallest absolute Gasteiger partial charge is 0.0717 e. The van der Waals surface area contributed by atoms with E-state index in [2.05, 4.69) is 52.0 Å². The Morgan fingerprint density at radius 1 is 0.722 bits per heavy atom. The molecule has 0 N–H and O–H groups in total. The van der Waals surface area contributed by atoms with Gasteiger partial charge in [0.25, 0.3) is 0 Å². The summed E-state index contributed by atoms with van der Waals surface area (Å²) < 4.78 is 11.2. The summed E-state index contributed by atoms with van der Waals surface area (Å²) in [6.45, 7) is 11.7. The monoisotopic (exact) mass is 250 g/mol. The largest absolute Gasteiger partial charge is 0.377 e. The first-order chi connectivity index (χ1) is 8.58. The first-order valence-corrected chi connectivity index (χ1v) is 6.81. The van der Waals surface area contributed by atoms with Crippen LogP contribution in [0.4, 0.5) is 0 Å². The summed E-state index contributed by atoms with van der Waals surface area (Å²) in [5.41, 5.74) is 2.45. The molecule has 0 spiro atoms. The molecule has 0 aliphatic heterocycles. The summed E-state index contributed by atoms with van der Waals surface area (Å²) in [6, 6.07) is 8.48. The van der Waals surface area contributed by atoms with E-state index in [0.29, 0.717) is 25.0 Å². The van der Waals surface area contributed by atoms with Gasteiger partial charge in [-0.1, -0.05) is 52.0 Å². The van der Waals surface area contributed by atoms with Gasteiger partial charge in [0.15, 0.2) is 0 Å². The van der Waals surface area contributed by atoms with Crippen molar-refractivity contribution in [2.75, 3.05) is 13.2 Å². The number of hydrogen-bond acceptors (Lipinski definition) is 2. The molecule has 0 bridgehead atoms. The van der Waals surface area contributed by atoms with E-state index >= 15 is 0 Å². The summed E-state index contributed by atoms with van der Waals surface area (Å²) in [7, 11) is 0. The van der Waals surface area contributed by atoms with Gasteiger partial charge in [0.05, 0.1) is 13.2 Å². The Hall–Kier alpha value is -0.860. The van der Waals surface area contributed by atoms with Crippen molar-refractivity contribution in [3.63, 3.8) is 0 Å². The van der Waals surface area contributed by atoms with Crippen LogP contribution in [0.3, 0.4) is 0 Å². The predicted molar refractivity (Wildman–Crippen MR) is 75.4 cm³/mol.